The van der Waals surface area contributed by atoms with Crippen LogP contribution in [0.25, 0.3) is 0 Å². The summed E-state index contributed by atoms with van der Waals surface area (Å²) in [5, 5.41) is 3.27. The van der Waals surface area contributed by atoms with Crippen LogP contribution in [0.15, 0.2) is 12.4 Å². The van der Waals surface area contributed by atoms with Gasteiger partial charge in [-0.2, -0.15) is 0 Å². The number of anilines is 2. The highest BCUT2D eigenvalue weighted by atomic mass is 16.5. The molecule has 5 nitrogen and oxygen atoms in total. The third-order valence-electron chi connectivity index (χ3n) is 2.57. The van der Waals surface area contributed by atoms with Crippen LogP contribution in [0, 0.1) is 0 Å². The summed E-state index contributed by atoms with van der Waals surface area (Å²) in [4.78, 5) is 10.7. The molecule has 1 aromatic heterocycles. The number of nitrogens with zero attached hydrogens (tertiary/aromatic N) is 3. The molecular formula is C12H22N4O. The lowest BCUT2D eigenvalue weighted by Gasteiger charge is -2.19. The summed E-state index contributed by atoms with van der Waals surface area (Å²) < 4.78 is 5.00. The Hall–Kier alpha value is -1.36. The van der Waals surface area contributed by atoms with Gasteiger partial charge in [0.15, 0.2) is 0 Å². The van der Waals surface area contributed by atoms with Gasteiger partial charge in [-0.25, -0.2) is 9.97 Å². The van der Waals surface area contributed by atoms with Crippen molar-refractivity contribution in [2.24, 2.45) is 0 Å². The van der Waals surface area contributed by atoms with Crippen LogP contribution in [-0.4, -0.2) is 43.3 Å². The minimum Gasteiger partial charge on any atom is -0.385 e. The molecule has 1 heterocycles. The van der Waals surface area contributed by atoms with Gasteiger partial charge in [0.1, 0.15) is 18.0 Å². The van der Waals surface area contributed by atoms with Crippen molar-refractivity contribution in [2.45, 2.75) is 20.3 Å². The number of aromatic nitrogens is 2. The Bertz CT molecular complexity index is 315. The number of nitrogens with one attached hydrogen (secondary N) is 1. The molecular weight excluding hydrogens is 216 g/mol. The normalized spacial score (nSPS) is 10.3. The Balaban J connectivity index is 2.53. The van der Waals surface area contributed by atoms with Crippen molar-refractivity contribution in [1.82, 2.24) is 9.97 Å². The van der Waals surface area contributed by atoms with Crippen molar-refractivity contribution in [2.75, 3.05) is 43.6 Å². The van der Waals surface area contributed by atoms with Gasteiger partial charge in [0, 0.05) is 39.4 Å². The first-order chi connectivity index (χ1) is 8.31. The number of rotatable bonds is 8. The summed E-state index contributed by atoms with van der Waals surface area (Å²) in [6.07, 6.45) is 2.58. The van der Waals surface area contributed by atoms with Crippen molar-refractivity contribution in [3.05, 3.63) is 12.4 Å². The smallest absolute Gasteiger partial charge is 0.134 e. The van der Waals surface area contributed by atoms with Crippen LogP contribution >= 0.6 is 0 Å². The van der Waals surface area contributed by atoms with Crippen LogP contribution in [0.4, 0.5) is 11.6 Å². The fourth-order valence-corrected chi connectivity index (χ4v) is 1.60. The molecule has 0 aliphatic carbocycles. The molecule has 1 rings (SSSR count). The second kappa shape index (κ2) is 7.84. The standard InChI is InChI=1S/C12H22N4O/c1-4-16(5-2)12-9-11(14-10-15-12)13-7-6-8-17-3/h9-10H,4-8H2,1-3H3,(H,13,14,15). The quantitative estimate of drug-likeness (QED) is 0.699. The molecule has 5 heteroatoms. The Morgan fingerprint density at radius 3 is 2.71 bits per heavy atom. The van der Waals surface area contributed by atoms with Crippen molar-refractivity contribution in [3.63, 3.8) is 0 Å². The highest BCUT2D eigenvalue weighted by Gasteiger charge is 2.04. The van der Waals surface area contributed by atoms with E-state index in [9.17, 15) is 0 Å². The molecule has 0 fully saturated rings. The van der Waals surface area contributed by atoms with Gasteiger partial charge < -0.3 is 15.0 Å². The molecule has 0 saturated carbocycles. The predicted molar refractivity (Wildman–Crippen MR) is 70.6 cm³/mol. The van der Waals surface area contributed by atoms with E-state index in [4.69, 9.17) is 4.74 Å². The first kappa shape index (κ1) is 13.7. The van der Waals surface area contributed by atoms with E-state index in [1.165, 1.54) is 0 Å². The Morgan fingerprint density at radius 2 is 2.06 bits per heavy atom. The van der Waals surface area contributed by atoms with Gasteiger partial charge >= 0.3 is 0 Å². The van der Waals surface area contributed by atoms with Crippen LogP contribution in [0.5, 0.6) is 0 Å². The molecule has 0 unspecified atom stereocenters. The van der Waals surface area contributed by atoms with Gasteiger partial charge in [0.05, 0.1) is 0 Å². The molecule has 96 valence electrons. The SMILES string of the molecule is CCN(CC)c1cc(NCCCOC)ncn1. The van der Waals surface area contributed by atoms with Gasteiger partial charge in [0.25, 0.3) is 0 Å². The maximum Gasteiger partial charge on any atom is 0.134 e. The zero-order valence-electron chi connectivity index (χ0n) is 10.9. The molecule has 0 aliphatic rings. The van der Waals surface area contributed by atoms with E-state index in [1.807, 2.05) is 6.07 Å². The second-order valence-corrected chi connectivity index (χ2v) is 3.71. The maximum absolute atomic E-state index is 5.00. The first-order valence-electron chi connectivity index (χ1n) is 6.11. The van der Waals surface area contributed by atoms with E-state index in [0.29, 0.717) is 0 Å². The van der Waals surface area contributed by atoms with Gasteiger partial charge in [-0.15, -0.1) is 0 Å². The summed E-state index contributed by atoms with van der Waals surface area (Å²) in [5.41, 5.74) is 0. The molecule has 17 heavy (non-hydrogen) atoms. The first-order valence-corrected chi connectivity index (χ1v) is 6.11. The molecule has 0 aliphatic heterocycles. The van der Waals surface area contributed by atoms with E-state index < -0.39 is 0 Å². The van der Waals surface area contributed by atoms with Gasteiger partial charge in [-0.1, -0.05) is 0 Å². The average molecular weight is 238 g/mol. The lowest BCUT2D eigenvalue weighted by molar-refractivity contribution is 0.198. The number of methoxy groups -OCH3 is 1. The number of hydrogen-bond acceptors (Lipinski definition) is 5. The summed E-state index contributed by atoms with van der Waals surface area (Å²) >= 11 is 0. The second-order valence-electron chi connectivity index (χ2n) is 3.71. The van der Waals surface area contributed by atoms with Gasteiger partial charge in [-0.3, -0.25) is 0 Å². The van der Waals surface area contributed by atoms with E-state index in [0.717, 1.165) is 44.3 Å². The number of hydrogen-bond donors (Lipinski definition) is 1. The predicted octanol–water partition coefficient (Wildman–Crippen LogP) is 1.77. The highest BCUT2D eigenvalue weighted by molar-refractivity contribution is 5.48. The summed E-state index contributed by atoms with van der Waals surface area (Å²) in [6.45, 7) is 7.78. The fraction of sp³-hybridized carbons (Fsp3) is 0.667. The Kier molecular flexibility index (Phi) is 6.32. The van der Waals surface area contributed by atoms with Crippen LogP contribution in [0.2, 0.25) is 0 Å². The largest absolute Gasteiger partial charge is 0.385 e. The third-order valence-corrected chi connectivity index (χ3v) is 2.57. The monoisotopic (exact) mass is 238 g/mol. The van der Waals surface area contributed by atoms with Crippen molar-refractivity contribution >= 4 is 11.6 Å². The average Bonchev–Trinajstić information content (AvgIpc) is 2.37. The van der Waals surface area contributed by atoms with Gasteiger partial charge in [-0.05, 0) is 20.3 Å². The molecule has 1 aromatic rings. The third kappa shape index (κ3) is 4.56. The van der Waals surface area contributed by atoms with Crippen LogP contribution in [0.1, 0.15) is 20.3 Å². The van der Waals surface area contributed by atoms with Crippen molar-refractivity contribution < 1.29 is 4.74 Å². The molecule has 0 amide bonds. The van der Waals surface area contributed by atoms with E-state index in [1.54, 1.807) is 13.4 Å². The zero-order chi connectivity index (χ0) is 12.5. The molecule has 0 radical (unpaired) electrons. The van der Waals surface area contributed by atoms with E-state index >= 15 is 0 Å². The van der Waals surface area contributed by atoms with Crippen molar-refractivity contribution in [1.29, 1.82) is 0 Å². The molecule has 0 bridgehead atoms. The van der Waals surface area contributed by atoms with Crippen LogP contribution in [0.3, 0.4) is 0 Å². The van der Waals surface area contributed by atoms with Crippen molar-refractivity contribution in [3.8, 4) is 0 Å². The molecule has 1 N–H and O–H groups in total. The maximum atomic E-state index is 5.00. The summed E-state index contributed by atoms with van der Waals surface area (Å²) in [6, 6.07) is 1.99. The lowest BCUT2D eigenvalue weighted by atomic mass is 10.4. The Labute approximate surface area is 103 Å². The molecule has 0 saturated heterocycles. The van der Waals surface area contributed by atoms with Gasteiger partial charge in [0.2, 0.25) is 0 Å². The van der Waals surface area contributed by atoms with E-state index in [-0.39, 0.29) is 0 Å². The van der Waals surface area contributed by atoms with Crippen LogP contribution in [-0.2, 0) is 4.74 Å². The highest BCUT2D eigenvalue weighted by Crippen LogP contribution is 2.13. The molecule has 0 atom stereocenters. The molecule has 0 aromatic carbocycles. The summed E-state index contributed by atoms with van der Waals surface area (Å²) in [7, 11) is 1.71. The zero-order valence-corrected chi connectivity index (χ0v) is 10.9. The topological polar surface area (TPSA) is 50.3 Å². The number of ether oxygens (including phenoxy) is 1. The van der Waals surface area contributed by atoms with E-state index in [2.05, 4.69) is 34.0 Å². The van der Waals surface area contributed by atoms with Crippen LogP contribution < -0.4 is 10.2 Å². The Morgan fingerprint density at radius 1 is 1.29 bits per heavy atom. The lowest BCUT2D eigenvalue weighted by Crippen LogP contribution is -2.23. The fourth-order valence-electron chi connectivity index (χ4n) is 1.60. The minimum atomic E-state index is 0.765. The molecule has 0 spiro atoms. The minimum absolute atomic E-state index is 0.765. The summed E-state index contributed by atoms with van der Waals surface area (Å²) in [5.74, 6) is 1.84.